The number of amides is 1. The fourth-order valence-electron chi connectivity index (χ4n) is 3.03. The standard InChI is InChI=1S/C17H23NO4/c1-11(2)17(16(20)21)7-8-18(10-17)15(19)13-6-5-12(3)14(9-13)22-4/h5-6,9,11H,7-8,10H2,1-4H3,(H,20,21). The van der Waals surface area contributed by atoms with Crippen LogP contribution in [0.4, 0.5) is 0 Å². The summed E-state index contributed by atoms with van der Waals surface area (Å²) >= 11 is 0. The number of benzene rings is 1. The Morgan fingerprint density at radius 1 is 1.36 bits per heavy atom. The number of methoxy groups -OCH3 is 1. The zero-order valence-corrected chi connectivity index (χ0v) is 13.5. The molecule has 5 nitrogen and oxygen atoms in total. The fourth-order valence-corrected chi connectivity index (χ4v) is 3.03. The SMILES string of the molecule is COc1cc(C(=O)N2CCC(C(=O)O)(C(C)C)C2)ccc1C. The van der Waals surface area contributed by atoms with E-state index in [2.05, 4.69) is 0 Å². The highest BCUT2D eigenvalue weighted by atomic mass is 16.5. The van der Waals surface area contributed by atoms with Gasteiger partial charge >= 0.3 is 5.97 Å². The quantitative estimate of drug-likeness (QED) is 0.928. The number of likely N-dealkylation sites (tertiary alicyclic amines) is 1. The number of carbonyl (C=O) groups excluding carboxylic acids is 1. The topological polar surface area (TPSA) is 66.8 Å². The molecule has 1 aliphatic rings. The summed E-state index contributed by atoms with van der Waals surface area (Å²) in [4.78, 5) is 25.9. The maximum Gasteiger partial charge on any atom is 0.311 e. The number of aliphatic carboxylic acids is 1. The number of nitrogens with zero attached hydrogens (tertiary/aromatic N) is 1. The van der Waals surface area contributed by atoms with E-state index < -0.39 is 11.4 Å². The van der Waals surface area contributed by atoms with Gasteiger partial charge in [-0.2, -0.15) is 0 Å². The third-order valence-electron chi connectivity index (χ3n) is 4.77. The molecule has 120 valence electrons. The van der Waals surface area contributed by atoms with Gasteiger partial charge in [0.25, 0.3) is 5.91 Å². The van der Waals surface area contributed by atoms with E-state index in [-0.39, 0.29) is 18.4 Å². The highest BCUT2D eigenvalue weighted by molar-refractivity contribution is 5.95. The minimum absolute atomic E-state index is 0.0182. The van der Waals surface area contributed by atoms with Gasteiger partial charge in [-0.05, 0) is 37.0 Å². The maximum absolute atomic E-state index is 12.6. The van der Waals surface area contributed by atoms with Crippen LogP contribution in [0, 0.1) is 18.3 Å². The van der Waals surface area contributed by atoms with Gasteiger partial charge in [-0.3, -0.25) is 9.59 Å². The van der Waals surface area contributed by atoms with Crippen LogP contribution < -0.4 is 4.74 Å². The summed E-state index contributed by atoms with van der Waals surface area (Å²) in [6, 6.07) is 5.32. The van der Waals surface area contributed by atoms with Gasteiger partial charge in [-0.1, -0.05) is 19.9 Å². The number of ether oxygens (including phenoxy) is 1. The van der Waals surface area contributed by atoms with Crippen molar-refractivity contribution in [3.8, 4) is 5.75 Å². The van der Waals surface area contributed by atoms with E-state index in [9.17, 15) is 14.7 Å². The summed E-state index contributed by atoms with van der Waals surface area (Å²) in [6.07, 6.45) is 0.495. The molecule has 1 N–H and O–H groups in total. The van der Waals surface area contributed by atoms with E-state index in [0.29, 0.717) is 24.3 Å². The highest BCUT2D eigenvalue weighted by Crippen LogP contribution is 2.38. The monoisotopic (exact) mass is 305 g/mol. The van der Waals surface area contributed by atoms with E-state index in [0.717, 1.165) is 5.56 Å². The molecule has 0 spiro atoms. The normalized spacial score (nSPS) is 21.2. The maximum atomic E-state index is 12.6. The molecule has 1 unspecified atom stereocenters. The van der Waals surface area contributed by atoms with E-state index in [1.165, 1.54) is 0 Å². The van der Waals surface area contributed by atoms with Gasteiger partial charge in [-0.15, -0.1) is 0 Å². The number of hydrogen-bond acceptors (Lipinski definition) is 3. The van der Waals surface area contributed by atoms with Gasteiger partial charge < -0.3 is 14.7 Å². The molecule has 1 aromatic carbocycles. The fraction of sp³-hybridized carbons (Fsp3) is 0.529. The highest BCUT2D eigenvalue weighted by Gasteiger charge is 2.48. The molecule has 5 heteroatoms. The molecule has 1 heterocycles. The predicted octanol–water partition coefficient (Wildman–Crippen LogP) is 2.58. The summed E-state index contributed by atoms with van der Waals surface area (Å²) in [5.41, 5.74) is 0.652. The van der Waals surface area contributed by atoms with E-state index >= 15 is 0 Å². The molecule has 0 bridgehead atoms. The van der Waals surface area contributed by atoms with Crippen LogP contribution in [0.15, 0.2) is 18.2 Å². The second-order valence-electron chi connectivity index (χ2n) is 6.28. The van der Waals surface area contributed by atoms with Gasteiger partial charge in [0.05, 0.1) is 12.5 Å². The van der Waals surface area contributed by atoms with Gasteiger partial charge in [0.2, 0.25) is 0 Å². The minimum atomic E-state index is -0.843. The Balaban J connectivity index is 2.23. The first-order chi connectivity index (χ1) is 10.3. The second kappa shape index (κ2) is 5.99. The lowest BCUT2D eigenvalue weighted by Crippen LogP contribution is -2.40. The largest absolute Gasteiger partial charge is 0.496 e. The Morgan fingerprint density at radius 3 is 2.55 bits per heavy atom. The first-order valence-corrected chi connectivity index (χ1v) is 7.49. The average Bonchev–Trinajstić information content (AvgIpc) is 2.93. The van der Waals surface area contributed by atoms with Gasteiger partial charge in [-0.25, -0.2) is 0 Å². The van der Waals surface area contributed by atoms with Crippen LogP contribution in [0.3, 0.4) is 0 Å². The number of carboxylic acid groups (broad SMARTS) is 1. The van der Waals surface area contributed by atoms with E-state index in [1.54, 1.807) is 24.1 Å². The summed E-state index contributed by atoms with van der Waals surface area (Å²) in [6.45, 7) is 6.44. The van der Waals surface area contributed by atoms with E-state index in [1.807, 2.05) is 26.8 Å². The Bertz CT molecular complexity index is 596. The molecule has 1 saturated heterocycles. The number of rotatable bonds is 4. The molecule has 1 atom stereocenters. The van der Waals surface area contributed by atoms with Crippen molar-refractivity contribution >= 4 is 11.9 Å². The Morgan fingerprint density at radius 2 is 2.05 bits per heavy atom. The summed E-state index contributed by atoms with van der Waals surface area (Å²) in [5.74, 6) is -0.310. The lowest BCUT2D eigenvalue weighted by Gasteiger charge is -2.28. The molecule has 1 fully saturated rings. The van der Waals surface area contributed by atoms with Crippen molar-refractivity contribution in [3.05, 3.63) is 29.3 Å². The number of carboxylic acids is 1. The van der Waals surface area contributed by atoms with Crippen molar-refractivity contribution in [1.29, 1.82) is 0 Å². The van der Waals surface area contributed by atoms with Crippen molar-refractivity contribution in [2.45, 2.75) is 27.2 Å². The molecule has 1 amide bonds. The zero-order chi connectivity index (χ0) is 16.5. The smallest absolute Gasteiger partial charge is 0.311 e. The first-order valence-electron chi connectivity index (χ1n) is 7.49. The van der Waals surface area contributed by atoms with Crippen LogP contribution in [0.1, 0.15) is 36.2 Å². The molecular weight excluding hydrogens is 282 g/mol. The number of carbonyl (C=O) groups is 2. The van der Waals surface area contributed by atoms with Gasteiger partial charge in [0, 0.05) is 18.7 Å². The van der Waals surface area contributed by atoms with Crippen molar-refractivity contribution in [1.82, 2.24) is 4.90 Å². The molecule has 22 heavy (non-hydrogen) atoms. The molecule has 0 saturated carbocycles. The van der Waals surface area contributed by atoms with E-state index in [4.69, 9.17) is 4.74 Å². The van der Waals surface area contributed by atoms with Crippen LogP contribution in [0.5, 0.6) is 5.75 Å². The Labute approximate surface area is 130 Å². The van der Waals surface area contributed by atoms with Crippen molar-refractivity contribution < 1.29 is 19.4 Å². The Kier molecular flexibility index (Phi) is 4.44. The molecule has 1 aromatic rings. The number of aryl methyl sites for hydroxylation is 1. The summed E-state index contributed by atoms with van der Waals surface area (Å²) in [5, 5.41) is 9.56. The first kappa shape index (κ1) is 16.3. The van der Waals surface area contributed by atoms with Crippen LogP contribution in [-0.4, -0.2) is 42.1 Å². The third kappa shape index (κ3) is 2.67. The zero-order valence-electron chi connectivity index (χ0n) is 13.5. The molecular formula is C17H23NO4. The minimum Gasteiger partial charge on any atom is -0.496 e. The lowest BCUT2D eigenvalue weighted by molar-refractivity contribution is -0.150. The number of hydrogen-bond donors (Lipinski definition) is 1. The van der Waals surface area contributed by atoms with Gasteiger partial charge in [0.15, 0.2) is 0 Å². The molecule has 1 aliphatic heterocycles. The van der Waals surface area contributed by atoms with Gasteiger partial charge in [0.1, 0.15) is 5.75 Å². The molecule has 2 rings (SSSR count). The van der Waals surface area contributed by atoms with Crippen LogP contribution in [0.2, 0.25) is 0 Å². The van der Waals surface area contributed by atoms with Crippen molar-refractivity contribution in [3.63, 3.8) is 0 Å². The molecule has 0 radical (unpaired) electrons. The van der Waals surface area contributed by atoms with Crippen LogP contribution in [0.25, 0.3) is 0 Å². The van der Waals surface area contributed by atoms with Crippen molar-refractivity contribution in [2.75, 3.05) is 20.2 Å². The van der Waals surface area contributed by atoms with Crippen LogP contribution >= 0.6 is 0 Å². The third-order valence-corrected chi connectivity index (χ3v) is 4.77. The summed E-state index contributed by atoms with van der Waals surface area (Å²) in [7, 11) is 1.57. The van der Waals surface area contributed by atoms with Crippen molar-refractivity contribution in [2.24, 2.45) is 11.3 Å². The van der Waals surface area contributed by atoms with Crippen LogP contribution in [-0.2, 0) is 4.79 Å². The molecule has 0 aliphatic carbocycles. The predicted molar refractivity (Wildman–Crippen MR) is 83.2 cm³/mol. The average molecular weight is 305 g/mol. The lowest BCUT2D eigenvalue weighted by atomic mass is 9.76. The molecule has 0 aromatic heterocycles. The summed E-state index contributed by atoms with van der Waals surface area (Å²) < 4.78 is 5.25. The Hall–Kier alpha value is -2.04. The second-order valence-corrected chi connectivity index (χ2v) is 6.28.